The first-order chi connectivity index (χ1) is 10.3. The molecular weight excluding hydrogens is 262 g/mol. The lowest BCUT2D eigenvalue weighted by atomic mass is 10.1. The predicted molar refractivity (Wildman–Crippen MR) is 83.3 cm³/mol. The van der Waals surface area contributed by atoms with Gasteiger partial charge in [-0.1, -0.05) is 18.2 Å². The van der Waals surface area contributed by atoms with E-state index in [1.165, 1.54) is 5.39 Å². The summed E-state index contributed by atoms with van der Waals surface area (Å²) < 4.78 is 5.31. The number of nitriles is 1. The van der Waals surface area contributed by atoms with Gasteiger partial charge in [0.25, 0.3) is 0 Å². The molecule has 0 aliphatic rings. The van der Waals surface area contributed by atoms with Crippen LogP contribution in [0.3, 0.4) is 0 Å². The van der Waals surface area contributed by atoms with Crippen LogP contribution in [-0.2, 0) is 6.54 Å². The summed E-state index contributed by atoms with van der Waals surface area (Å²) in [7, 11) is 1.60. The summed E-state index contributed by atoms with van der Waals surface area (Å²) in [4.78, 5) is 3.20. The summed E-state index contributed by atoms with van der Waals surface area (Å²) in [6, 6.07) is 15.9. The van der Waals surface area contributed by atoms with Crippen LogP contribution in [0.2, 0.25) is 0 Å². The van der Waals surface area contributed by atoms with Gasteiger partial charge in [0.2, 0.25) is 0 Å². The molecule has 0 saturated carbocycles. The van der Waals surface area contributed by atoms with Crippen molar-refractivity contribution in [2.75, 3.05) is 12.4 Å². The molecule has 0 bridgehead atoms. The number of para-hydroxylation sites is 1. The van der Waals surface area contributed by atoms with Gasteiger partial charge in [0.15, 0.2) is 0 Å². The van der Waals surface area contributed by atoms with Crippen LogP contribution in [0.5, 0.6) is 5.75 Å². The highest BCUT2D eigenvalue weighted by atomic mass is 16.5. The number of aromatic nitrogens is 1. The van der Waals surface area contributed by atoms with Crippen LogP contribution in [0.15, 0.2) is 48.7 Å². The van der Waals surface area contributed by atoms with E-state index in [0.717, 1.165) is 16.8 Å². The van der Waals surface area contributed by atoms with Gasteiger partial charge in [-0.25, -0.2) is 0 Å². The minimum Gasteiger partial charge on any atom is -0.495 e. The van der Waals surface area contributed by atoms with Crippen molar-refractivity contribution in [2.24, 2.45) is 0 Å². The lowest BCUT2D eigenvalue weighted by Crippen LogP contribution is -2.03. The van der Waals surface area contributed by atoms with Gasteiger partial charge in [0, 0.05) is 18.3 Å². The number of rotatable bonds is 4. The second kappa shape index (κ2) is 5.59. The molecule has 104 valence electrons. The summed E-state index contributed by atoms with van der Waals surface area (Å²) in [6.45, 7) is 0.629. The zero-order valence-electron chi connectivity index (χ0n) is 11.7. The molecule has 0 fully saturated rings. The molecule has 0 aliphatic carbocycles. The van der Waals surface area contributed by atoms with Gasteiger partial charge in [-0.15, -0.1) is 0 Å². The van der Waals surface area contributed by atoms with E-state index in [-0.39, 0.29) is 0 Å². The SMILES string of the molecule is COc1cccc(C#N)c1NCc1ccc2cc[nH]c2c1. The van der Waals surface area contributed by atoms with Gasteiger partial charge in [0.1, 0.15) is 11.8 Å². The Labute approximate surface area is 123 Å². The smallest absolute Gasteiger partial charge is 0.143 e. The van der Waals surface area contributed by atoms with Crippen LogP contribution in [0, 0.1) is 11.3 Å². The number of ether oxygens (including phenoxy) is 1. The average Bonchev–Trinajstić information content (AvgIpc) is 3.00. The second-order valence-corrected chi connectivity index (χ2v) is 4.75. The first-order valence-corrected chi connectivity index (χ1v) is 6.69. The van der Waals surface area contributed by atoms with E-state index in [1.54, 1.807) is 13.2 Å². The van der Waals surface area contributed by atoms with E-state index >= 15 is 0 Å². The fraction of sp³-hybridized carbons (Fsp3) is 0.118. The molecule has 0 atom stereocenters. The Hall–Kier alpha value is -2.93. The van der Waals surface area contributed by atoms with E-state index in [9.17, 15) is 5.26 Å². The standard InChI is InChI=1S/C17H15N3O/c1-21-16-4-2-3-14(10-18)17(16)20-11-12-5-6-13-7-8-19-15(13)9-12/h2-9,19-20H,11H2,1H3. The maximum atomic E-state index is 9.20. The van der Waals surface area contributed by atoms with E-state index in [2.05, 4.69) is 34.6 Å². The van der Waals surface area contributed by atoms with Crippen molar-refractivity contribution >= 4 is 16.6 Å². The monoisotopic (exact) mass is 277 g/mol. The van der Waals surface area contributed by atoms with Crippen molar-refractivity contribution in [1.82, 2.24) is 4.98 Å². The Balaban J connectivity index is 1.85. The van der Waals surface area contributed by atoms with Crippen LogP contribution in [0.25, 0.3) is 10.9 Å². The average molecular weight is 277 g/mol. The number of benzene rings is 2. The molecule has 3 aromatic rings. The number of fused-ring (bicyclic) bond motifs is 1. The number of aromatic amines is 1. The van der Waals surface area contributed by atoms with Crippen LogP contribution in [-0.4, -0.2) is 12.1 Å². The zero-order valence-corrected chi connectivity index (χ0v) is 11.7. The maximum Gasteiger partial charge on any atom is 0.143 e. The number of H-pyrrole nitrogens is 1. The van der Waals surface area contributed by atoms with Crippen LogP contribution in [0.1, 0.15) is 11.1 Å². The number of methoxy groups -OCH3 is 1. The minimum atomic E-state index is 0.579. The molecule has 0 spiro atoms. The van der Waals surface area contributed by atoms with Crippen LogP contribution < -0.4 is 10.1 Å². The van der Waals surface area contributed by atoms with Gasteiger partial charge in [-0.2, -0.15) is 5.26 Å². The summed E-state index contributed by atoms with van der Waals surface area (Å²) >= 11 is 0. The van der Waals surface area contributed by atoms with E-state index in [4.69, 9.17) is 4.74 Å². The molecule has 0 aliphatic heterocycles. The summed E-state index contributed by atoms with van der Waals surface area (Å²) in [5, 5.41) is 13.7. The molecule has 4 heteroatoms. The molecule has 2 aromatic carbocycles. The molecule has 1 heterocycles. The fourth-order valence-corrected chi connectivity index (χ4v) is 2.37. The highest BCUT2D eigenvalue weighted by Crippen LogP contribution is 2.28. The summed E-state index contributed by atoms with van der Waals surface area (Å²) in [5.41, 5.74) is 3.55. The third-order valence-electron chi connectivity index (χ3n) is 3.46. The first kappa shape index (κ1) is 13.1. The maximum absolute atomic E-state index is 9.20. The van der Waals surface area contributed by atoms with Crippen molar-refractivity contribution < 1.29 is 4.74 Å². The molecule has 0 saturated heterocycles. The molecule has 0 radical (unpaired) electrons. The quantitative estimate of drug-likeness (QED) is 0.765. The molecule has 2 N–H and O–H groups in total. The van der Waals surface area contributed by atoms with E-state index < -0.39 is 0 Å². The number of hydrogen-bond donors (Lipinski definition) is 2. The highest BCUT2D eigenvalue weighted by molar-refractivity contribution is 5.80. The van der Waals surface area contributed by atoms with Gasteiger partial charge in [-0.05, 0) is 35.2 Å². The van der Waals surface area contributed by atoms with Crippen LogP contribution in [0.4, 0.5) is 5.69 Å². The molecule has 1 aromatic heterocycles. The zero-order chi connectivity index (χ0) is 14.7. The largest absolute Gasteiger partial charge is 0.495 e. The van der Waals surface area contributed by atoms with Gasteiger partial charge >= 0.3 is 0 Å². The number of nitrogens with one attached hydrogen (secondary N) is 2. The number of nitrogens with zero attached hydrogens (tertiary/aromatic N) is 1. The van der Waals surface area contributed by atoms with E-state index in [1.807, 2.05) is 24.4 Å². The van der Waals surface area contributed by atoms with Crippen molar-refractivity contribution in [3.63, 3.8) is 0 Å². The van der Waals surface area contributed by atoms with Crippen molar-refractivity contribution in [1.29, 1.82) is 5.26 Å². The second-order valence-electron chi connectivity index (χ2n) is 4.75. The Bertz CT molecular complexity index is 814. The Morgan fingerprint density at radius 2 is 2.14 bits per heavy atom. The Kier molecular flexibility index (Phi) is 3.48. The molecule has 3 rings (SSSR count). The minimum absolute atomic E-state index is 0.579. The Morgan fingerprint density at radius 3 is 2.95 bits per heavy atom. The third-order valence-corrected chi connectivity index (χ3v) is 3.46. The van der Waals surface area contributed by atoms with Gasteiger partial charge in [0.05, 0.1) is 18.4 Å². The Morgan fingerprint density at radius 1 is 1.24 bits per heavy atom. The predicted octanol–water partition coefficient (Wildman–Crippen LogP) is 3.66. The molecule has 21 heavy (non-hydrogen) atoms. The topological polar surface area (TPSA) is 60.8 Å². The summed E-state index contributed by atoms with van der Waals surface area (Å²) in [6.07, 6.45) is 1.93. The lowest BCUT2D eigenvalue weighted by Gasteiger charge is -2.12. The van der Waals surface area contributed by atoms with Crippen molar-refractivity contribution in [2.45, 2.75) is 6.54 Å². The normalized spacial score (nSPS) is 10.3. The molecular formula is C17H15N3O. The van der Waals surface area contributed by atoms with Gasteiger partial charge < -0.3 is 15.0 Å². The first-order valence-electron chi connectivity index (χ1n) is 6.69. The number of hydrogen-bond acceptors (Lipinski definition) is 3. The van der Waals surface area contributed by atoms with Crippen LogP contribution >= 0.6 is 0 Å². The molecule has 0 unspecified atom stereocenters. The third kappa shape index (κ3) is 2.54. The fourth-order valence-electron chi connectivity index (χ4n) is 2.37. The van der Waals surface area contributed by atoms with Gasteiger partial charge in [-0.3, -0.25) is 0 Å². The van der Waals surface area contributed by atoms with Crippen molar-refractivity contribution in [3.8, 4) is 11.8 Å². The van der Waals surface area contributed by atoms with E-state index in [0.29, 0.717) is 17.9 Å². The lowest BCUT2D eigenvalue weighted by molar-refractivity contribution is 0.416. The molecule has 0 amide bonds. The highest BCUT2D eigenvalue weighted by Gasteiger charge is 2.08. The molecule has 4 nitrogen and oxygen atoms in total. The van der Waals surface area contributed by atoms with Crippen molar-refractivity contribution in [3.05, 3.63) is 59.8 Å². The number of anilines is 1. The summed E-state index contributed by atoms with van der Waals surface area (Å²) in [5.74, 6) is 0.676.